The molecular formula is C25H29NO3. The lowest BCUT2D eigenvalue weighted by Crippen LogP contribution is -2.47. The number of ether oxygens (including phenoxy) is 1. The largest absolute Gasteiger partial charge is 0.462 e. The SMILES string of the molecule is O=C(OC1CCCCC1)[C@@H]1CN(Cc2ccccc2)C(=O)C[C@@H]1c1ccccc1. The van der Waals surface area contributed by atoms with Gasteiger partial charge in [-0.25, -0.2) is 0 Å². The van der Waals surface area contributed by atoms with Crippen molar-refractivity contribution < 1.29 is 14.3 Å². The van der Waals surface area contributed by atoms with Crippen molar-refractivity contribution in [2.24, 2.45) is 5.92 Å². The Hall–Kier alpha value is -2.62. The van der Waals surface area contributed by atoms with E-state index in [-0.39, 0.29) is 29.8 Å². The summed E-state index contributed by atoms with van der Waals surface area (Å²) in [6, 6.07) is 19.9. The number of rotatable bonds is 5. The van der Waals surface area contributed by atoms with E-state index < -0.39 is 0 Å². The standard InChI is InChI=1S/C25H29NO3/c27-24-16-22(20-12-6-2-7-13-20)23(25(28)29-21-14-8-3-9-15-21)18-26(24)17-19-10-4-1-5-11-19/h1-2,4-7,10-13,21-23H,3,8-9,14-18H2/t22-,23-/m1/s1. The fraction of sp³-hybridized carbons (Fsp3) is 0.440. The fourth-order valence-corrected chi connectivity index (χ4v) is 4.61. The molecule has 4 rings (SSSR count). The number of likely N-dealkylation sites (tertiary alicyclic amines) is 1. The van der Waals surface area contributed by atoms with Crippen LogP contribution in [0.4, 0.5) is 0 Å². The summed E-state index contributed by atoms with van der Waals surface area (Å²) in [6.45, 7) is 0.952. The lowest BCUT2D eigenvalue weighted by molar-refractivity contribution is -0.160. The number of carbonyl (C=O) groups is 2. The van der Waals surface area contributed by atoms with Crippen LogP contribution < -0.4 is 0 Å². The number of hydrogen-bond donors (Lipinski definition) is 0. The van der Waals surface area contributed by atoms with Gasteiger partial charge in [0.1, 0.15) is 6.10 Å². The number of amides is 1. The minimum atomic E-state index is -0.319. The van der Waals surface area contributed by atoms with Gasteiger partial charge in [-0.1, -0.05) is 67.1 Å². The summed E-state index contributed by atoms with van der Waals surface area (Å²) in [5.41, 5.74) is 2.13. The van der Waals surface area contributed by atoms with E-state index in [1.165, 1.54) is 6.42 Å². The maximum Gasteiger partial charge on any atom is 0.311 e. The Labute approximate surface area is 172 Å². The predicted octanol–water partition coefficient (Wildman–Crippen LogP) is 4.69. The van der Waals surface area contributed by atoms with Crippen molar-refractivity contribution in [2.75, 3.05) is 6.54 Å². The molecule has 1 aliphatic heterocycles. The summed E-state index contributed by atoms with van der Waals surface area (Å²) >= 11 is 0. The number of carbonyl (C=O) groups excluding carboxylic acids is 2. The number of benzene rings is 2. The third-order valence-electron chi connectivity index (χ3n) is 6.23. The molecule has 0 N–H and O–H groups in total. The Kier molecular flexibility index (Phi) is 6.28. The molecule has 2 aliphatic rings. The minimum absolute atomic E-state index is 0.0351. The summed E-state index contributed by atoms with van der Waals surface area (Å²) < 4.78 is 5.94. The second-order valence-electron chi connectivity index (χ2n) is 8.28. The van der Waals surface area contributed by atoms with Gasteiger partial charge in [-0.05, 0) is 36.8 Å². The molecule has 1 saturated carbocycles. The van der Waals surface area contributed by atoms with Gasteiger partial charge in [-0.2, -0.15) is 0 Å². The minimum Gasteiger partial charge on any atom is -0.462 e. The average molecular weight is 392 g/mol. The van der Waals surface area contributed by atoms with Crippen LogP contribution in [-0.2, 0) is 20.9 Å². The molecule has 2 aromatic rings. The zero-order valence-electron chi connectivity index (χ0n) is 16.8. The van der Waals surface area contributed by atoms with Crippen molar-refractivity contribution in [1.29, 1.82) is 0 Å². The molecule has 152 valence electrons. The lowest BCUT2D eigenvalue weighted by atomic mass is 9.80. The molecule has 2 fully saturated rings. The van der Waals surface area contributed by atoms with E-state index in [9.17, 15) is 9.59 Å². The van der Waals surface area contributed by atoms with Crippen molar-refractivity contribution in [2.45, 2.75) is 57.1 Å². The average Bonchev–Trinajstić information content (AvgIpc) is 2.77. The maximum absolute atomic E-state index is 13.2. The number of nitrogens with zero attached hydrogens (tertiary/aromatic N) is 1. The van der Waals surface area contributed by atoms with Crippen LogP contribution in [0, 0.1) is 5.92 Å². The Morgan fingerprint density at radius 3 is 2.28 bits per heavy atom. The Bertz CT molecular complexity index is 814. The number of hydrogen-bond acceptors (Lipinski definition) is 3. The quantitative estimate of drug-likeness (QED) is 0.695. The van der Waals surface area contributed by atoms with Gasteiger partial charge in [-0.15, -0.1) is 0 Å². The van der Waals surface area contributed by atoms with Crippen molar-refractivity contribution in [3.63, 3.8) is 0 Å². The zero-order valence-corrected chi connectivity index (χ0v) is 16.8. The first kappa shape index (κ1) is 19.7. The van der Waals surface area contributed by atoms with Gasteiger partial charge in [0.2, 0.25) is 5.91 Å². The first-order chi connectivity index (χ1) is 14.2. The topological polar surface area (TPSA) is 46.6 Å². The van der Waals surface area contributed by atoms with Crippen LogP contribution in [0.25, 0.3) is 0 Å². The molecule has 2 atom stereocenters. The lowest BCUT2D eigenvalue weighted by Gasteiger charge is -2.38. The molecule has 0 aromatic heterocycles. The molecule has 4 heteroatoms. The molecule has 1 heterocycles. The third-order valence-corrected chi connectivity index (χ3v) is 6.23. The van der Waals surface area contributed by atoms with Crippen LogP contribution in [-0.4, -0.2) is 29.4 Å². The summed E-state index contributed by atoms with van der Waals surface area (Å²) in [5.74, 6) is -0.478. The molecule has 1 saturated heterocycles. The first-order valence-corrected chi connectivity index (χ1v) is 10.8. The van der Waals surface area contributed by atoms with Crippen LogP contribution in [0.2, 0.25) is 0 Å². The molecule has 0 bridgehead atoms. The Balaban J connectivity index is 1.53. The Morgan fingerprint density at radius 1 is 0.931 bits per heavy atom. The Morgan fingerprint density at radius 2 is 1.59 bits per heavy atom. The molecule has 0 radical (unpaired) electrons. The van der Waals surface area contributed by atoms with Gasteiger partial charge in [-0.3, -0.25) is 9.59 Å². The summed E-state index contributed by atoms with van der Waals surface area (Å²) in [6.07, 6.45) is 5.78. The molecule has 1 amide bonds. The van der Waals surface area contributed by atoms with E-state index in [2.05, 4.69) is 0 Å². The van der Waals surface area contributed by atoms with Gasteiger partial charge < -0.3 is 9.64 Å². The van der Waals surface area contributed by atoms with E-state index in [1.807, 2.05) is 65.6 Å². The predicted molar refractivity (Wildman–Crippen MR) is 112 cm³/mol. The van der Waals surface area contributed by atoms with E-state index in [0.29, 0.717) is 19.5 Å². The first-order valence-electron chi connectivity index (χ1n) is 10.8. The van der Waals surface area contributed by atoms with Crippen LogP contribution in [0.15, 0.2) is 60.7 Å². The van der Waals surface area contributed by atoms with Crippen molar-refractivity contribution >= 4 is 11.9 Å². The molecule has 2 aromatic carbocycles. The number of esters is 1. The summed E-state index contributed by atoms with van der Waals surface area (Å²) in [7, 11) is 0. The molecule has 4 nitrogen and oxygen atoms in total. The van der Waals surface area contributed by atoms with Crippen LogP contribution in [0.3, 0.4) is 0 Å². The second kappa shape index (κ2) is 9.25. The maximum atomic E-state index is 13.2. The van der Waals surface area contributed by atoms with Gasteiger partial charge in [0.05, 0.1) is 5.92 Å². The van der Waals surface area contributed by atoms with Crippen molar-refractivity contribution in [1.82, 2.24) is 4.90 Å². The molecule has 0 spiro atoms. The summed E-state index contributed by atoms with van der Waals surface area (Å²) in [5, 5.41) is 0. The molecular weight excluding hydrogens is 362 g/mol. The monoisotopic (exact) mass is 391 g/mol. The summed E-state index contributed by atoms with van der Waals surface area (Å²) in [4.78, 5) is 27.9. The van der Waals surface area contributed by atoms with E-state index >= 15 is 0 Å². The fourth-order valence-electron chi connectivity index (χ4n) is 4.61. The second-order valence-corrected chi connectivity index (χ2v) is 8.28. The molecule has 0 unspecified atom stereocenters. The smallest absolute Gasteiger partial charge is 0.311 e. The highest BCUT2D eigenvalue weighted by Crippen LogP contribution is 2.36. The third kappa shape index (κ3) is 4.87. The number of piperidine rings is 1. The van der Waals surface area contributed by atoms with E-state index in [0.717, 1.165) is 36.8 Å². The highest BCUT2D eigenvalue weighted by atomic mass is 16.5. The van der Waals surface area contributed by atoms with Gasteiger partial charge >= 0.3 is 5.97 Å². The highest BCUT2D eigenvalue weighted by Gasteiger charge is 2.40. The molecule has 1 aliphatic carbocycles. The van der Waals surface area contributed by atoms with Gasteiger partial charge in [0.15, 0.2) is 0 Å². The van der Waals surface area contributed by atoms with E-state index in [4.69, 9.17) is 4.74 Å². The van der Waals surface area contributed by atoms with Crippen LogP contribution >= 0.6 is 0 Å². The van der Waals surface area contributed by atoms with Crippen molar-refractivity contribution in [3.8, 4) is 0 Å². The zero-order chi connectivity index (χ0) is 20.1. The van der Waals surface area contributed by atoms with Gasteiger partial charge in [0.25, 0.3) is 0 Å². The van der Waals surface area contributed by atoms with Crippen molar-refractivity contribution in [3.05, 3.63) is 71.8 Å². The van der Waals surface area contributed by atoms with Gasteiger partial charge in [0, 0.05) is 25.4 Å². The normalized spacial score (nSPS) is 23.0. The van der Waals surface area contributed by atoms with Crippen LogP contribution in [0.5, 0.6) is 0 Å². The highest BCUT2D eigenvalue weighted by molar-refractivity contribution is 5.83. The van der Waals surface area contributed by atoms with E-state index in [1.54, 1.807) is 0 Å². The molecule has 29 heavy (non-hydrogen) atoms. The van der Waals surface area contributed by atoms with Crippen LogP contribution in [0.1, 0.15) is 55.6 Å².